The molecule has 4 heteroatoms. The van der Waals surface area contributed by atoms with Crippen LogP contribution in [-0.4, -0.2) is 29.1 Å². The van der Waals surface area contributed by atoms with Crippen molar-refractivity contribution >= 4 is 22.8 Å². The number of rotatable bonds is 1. The van der Waals surface area contributed by atoms with Crippen molar-refractivity contribution in [2.24, 2.45) is 0 Å². The largest absolute Gasteiger partial charge is 0.334 e. The van der Waals surface area contributed by atoms with Gasteiger partial charge in [0.15, 0.2) is 0 Å². The molecule has 0 aliphatic carbocycles. The smallest absolute Gasteiger partial charge is 0.244 e. The van der Waals surface area contributed by atoms with Crippen LogP contribution in [0.5, 0.6) is 0 Å². The van der Waals surface area contributed by atoms with Crippen LogP contribution in [0.1, 0.15) is 12.8 Å². The lowest BCUT2D eigenvalue weighted by molar-refractivity contribution is -0.130. The average molecular weight is 162 g/mol. The summed E-state index contributed by atoms with van der Waals surface area (Å²) in [5.41, 5.74) is 0. The van der Waals surface area contributed by atoms with E-state index in [0.29, 0.717) is 12.8 Å². The number of likely N-dealkylation sites (tertiary alicyclic amines) is 1. The van der Waals surface area contributed by atoms with Crippen LogP contribution in [0, 0.1) is 0 Å². The molecule has 3 nitrogen and oxygen atoms in total. The Balaban J connectivity index is 2.66. The summed E-state index contributed by atoms with van der Waals surface area (Å²) < 4.78 is 0. The fourth-order valence-corrected chi connectivity index (χ4v) is 1.33. The molecule has 0 bridgehead atoms. The van der Waals surface area contributed by atoms with Crippen LogP contribution < -0.4 is 0 Å². The van der Waals surface area contributed by atoms with Crippen molar-refractivity contribution in [1.82, 2.24) is 4.90 Å². The Kier molecular flexibility index (Phi) is 1.94. The number of likely N-dealkylation sites (N-methyl/N-ethyl adjacent to an activating group) is 1. The average Bonchev–Trinajstić information content (AvgIpc) is 2.14. The van der Waals surface area contributed by atoms with E-state index in [9.17, 15) is 9.59 Å². The molecule has 10 heavy (non-hydrogen) atoms. The summed E-state index contributed by atoms with van der Waals surface area (Å²) in [7, 11) is 1.60. The highest BCUT2D eigenvalue weighted by atomic mass is 35.5. The van der Waals surface area contributed by atoms with Crippen LogP contribution in [0.25, 0.3) is 0 Å². The normalized spacial score (nSPS) is 25.6. The van der Waals surface area contributed by atoms with E-state index in [1.807, 2.05) is 0 Å². The topological polar surface area (TPSA) is 37.4 Å². The molecule has 1 aliphatic rings. The molecule has 1 amide bonds. The minimum absolute atomic E-state index is 0.000926. The molecular weight excluding hydrogens is 154 g/mol. The first-order valence-electron chi connectivity index (χ1n) is 3.08. The molecule has 0 saturated carbocycles. The summed E-state index contributed by atoms with van der Waals surface area (Å²) in [6, 6.07) is -0.380. The first-order chi connectivity index (χ1) is 4.63. The number of nitrogens with zero attached hydrogens (tertiary/aromatic N) is 1. The van der Waals surface area contributed by atoms with Crippen molar-refractivity contribution < 1.29 is 9.59 Å². The SMILES string of the molecule is CN1C(=O)CC[C@H]1C(=O)Cl. The van der Waals surface area contributed by atoms with Gasteiger partial charge in [0.2, 0.25) is 11.1 Å². The fourth-order valence-electron chi connectivity index (χ4n) is 1.07. The third kappa shape index (κ3) is 1.14. The highest BCUT2D eigenvalue weighted by molar-refractivity contribution is 6.64. The molecule has 56 valence electrons. The molecule has 0 aromatic rings. The van der Waals surface area contributed by atoms with Gasteiger partial charge in [-0.25, -0.2) is 0 Å². The van der Waals surface area contributed by atoms with E-state index in [4.69, 9.17) is 11.6 Å². The minimum atomic E-state index is -0.437. The summed E-state index contributed by atoms with van der Waals surface area (Å²) >= 11 is 5.21. The molecule has 0 aromatic heterocycles. The van der Waals surface area contributed by atoms with Gasteiger partial charge in [0.1, 0.15) is 6.04 Å². The molecule has 0 radical (unpaired) electrons. The Hall–Kier alpha value is -0.570. The molecule has 1 saturated heterocycles. The highest BCUT2D eigenvalue weighted by Gasteiger charge is 2.31. The summed E-state index contributed by atoms with van der Waals surface area (Å²) in [5, 5.41) is -0.437. The van der Waals surface area contributed by atoms with E-state index < -0.39 is 5.24 Å². The van der Waals surface area contributed by atoms with Crippen molar-refractivity contribution in [2.75, 3.05) is 7.05 Å². The predicted molar refractivity (Wildman–Crippen MR) is 36.7 cm³/mol. The van der Waals surface area contributed by atoms with E-state index in [0.717, 1.165) is 0 Å². The summed E-state index contributed by atoms with van der Waals surface area (Å²) in [5.74, 6) is -0.000926. The summed E-state index contributed by atoms with van der Waals surface area (Å²) in [6.45, 7) is 0. The quantitative estimate of drug-likeness (QED) is 0.522. The summed E-state index contributed by atoms with van der Waals surface area (Å²) in [6.07, 6.45) is 1.01. The van der Waals surface area contributed by atoms with Gasteiger partial charge in [-0.15, -0.1) is 0 Å². The van der Waals surface area contributed by atoms with Gasteiger partial charge in [0.25, 0.3) is 0 Å². The fraction of sp³-hybridized carbons (Fsp3) is 0.667. The zero-order valence-corrected chi connectivity index (χ0v) is 6.39. The van der Waals surface area contributed by atoms with Gasteiger partial charge in [0.05, 0.1) is 0 Å². The van der Waals surface area contributed by atoms with E-state index in [1.165, 1.54) is 4.90 Å². The molecule has 0 N–H and O–H groups in total. The van der Waals surface area contributed by atoms with Crippen LogP contribution in [0.4, 0.5) is 0 Å². The maximum Gasteiger partial charge on any atom is 0.244 e. The van der Waals surface area contributed by atoms with Gasteiger partial charge in [-0.1, -0.05) is 0 Å². The molecule has 1 rings (SSSR count). The van der Waals surface area contributed by atoms with E-state index in [-0.39, 0.29) is 11.9 Å². The zero-order valence-electron chi connectivity index (χ0n) is 5.63. The number of hydrogen-bond acceptors (Lipinski definition) is 2. The number of hydrogen-bond donors (Lipinski definition) is 0. The number of carbonyl (C=O) groups is 2. The molecule has 1 fully saturated rings. The van der Waals surface area contributed by atoms with Crippen molar-refractivity contribution in [2.45, 2.75) is 18.9 Å². The second-order valence-corrected chi connectivity index (χ2v) is 2.74. The van der Waals surface area contributed by atoms with Crippen LogP contribution in [0.2, 0.25) is 0 Å². The Labute approximate surface area is 63.9 Å². The second kappa shape index (κ2) is 2.58. The molecule has 1 atom stereocenters. The van der Waals surface area contributed by atoms with Crippen LogP contribution in [0.3, 0.4) is 0 Å². The number of carbonyl (C=O) groups excluding carboxylic acids is 2. The van der Waals surface area contributed by atoms with Crippen molar-refractivity contribution in [3.05, 3.63) is 0 Å². The third-order valence-corrected chi connectivity index (χ3v) is 2.01. The standard InChI is InChI=1S/C6H8ClNO2/c1-8-4(6(7)10)2-3-5(8)9/h4H,2-3H2,1H3/t4-/m0/s1. The predicted octanol–water partition coefficient (Wildman–Crippen LogP) is 0.373. The lowest BCUT2D eigenvalue weighted by Crippen LogP contribution is -2.32. The first kappa shape index (κ1) is 7.54. The Morgan fingerprint density at radius 2 is 2.40 bits per heavy atom. The van der Waals surface area contributed by atoms with Crippen molar-refractivity contribution in [3.63, 3.8) is 0 Å². The molecule has 0 aromatic carbocycles. The number of halogens is 1. The zero-order chi connectivity index (χ0) is 7.72. The lowest BCUT2D eigenvalue weighted by atomic mass is 10.2. The third-order valence-electron chi connectivity index (χ3n) is 1.75. The van der Waals surface area contributed by atoms with Gasteiger partial charge in [-0.3, -0.25) is 9.59 Å². The van der Waals surface area contributed by atoms with Gasteiger partial charge < -0.3 is 4.90 Å². The Bertz CT molecular complexity index is 181. The maximum atomic E-state index is 10.8. The van der Waals surface area contributed by atoms with E-state index in [1.54, 1.807) is 7.05 Å². The molecular formula is C6H8ClNO2. The highest BCUT2D eigenvalue weighted by Crippen LogP contribution is 2.17. The van der Waals surface area contributed by atoms with Crippen LogP contribution >= 0.6 is 11.6 Å². The minimum Gasteiger partial charge on any atom is -0.334 e. The number of amides is 1. The van der Waals surface area contributed by atoms with Gasteiger partial charge in [-0.2, -0.15) is 0 Å². The van der Waals surface area contributed by atoms with Crippen molar-refractivity contribution in [1.29, 1.82) is 0 Å². The Morgan fingerprint density at radius 1 is 1.80 bits per heavy atom. The van der Waals surface area contributed by atoms with Crippen LogP contribution in [0.15, 0.2) is 0 Å². The Morgan fingerprint density at radius 3 is 2.60 bits per heavy atom. The van der Waals surface area contributed by atoms with Gasteiger partial charge >= 0.3 is 0 Å². The van der Waals surface area contributed by atoms with Gasteiger partial charge in [-0.05, 0) is 18.0 Å². The second-order valence-electron chi connectivity index (χ2n) is 2.36. The molecule has 0 unspecified atom stereocenters. The molecule has 1 aliphatic heterocycles. The first-order valence-corrected chi connectivity index (χ1v) is 3.45. The lowest BCUT2D eigenvalue weighted by Gasteiger charge is -2.14. The monoisotopic (exact) mass is 161 g/mol. The van der Waals surface area contributed by atoms with E-state index >= 15 is 0 Å². The molecule has 0 spiro atoms. The maximum absolute atomic E-state index is 10.8. The van der Waals surface area contributed by atoms with Gasteiger partial charge in [0, 0.05) is 13.5 Å². The van der Waals surface area contributed by atoms with Crippen LogP contribution in [-0.2, 0) is 9.59 Å². The summed E-state index contributed by atoms with van der Waals surface area (Å²) in [4.78, 5) is 22.8. The van der Waals surface area contributed by atoms with E-state index in [2.05, 4.69) is 0 Å². The molecule has 1 heterocycles. The van der Waals surface area contributed by atoms with Crippen molar-refractivity contribution in [3.8, 4) is 0 Å².